The Morgan fingerprint density at radius 2 is 2.03 bits per heavy atom. The molecule has 11 heteroatoms. The van der Waals surface area contributed by atoms with Gasteiger partial charge >= 0.3 is 0 Å². The van der Waals surface area contributed by atoms with Crippen molar-refractivity contribution in [2.45, 2.75) is 56.9 Å². The number of sulfonamides is 1. The molecule has 1 aliphatic rings. The van der Waals surface area contributed by atoms with E-state index in [0.29, 0.717) is 31.6 Å². The number of likely N-dealkylation sites (N-methyl/N-ethyl adjacent to an activating group) is 1. The SMILES string of the molecule is C[C@@H]1CN([C@H](C)CO)C(=O)CCCn2cc(nn2)CO[C@H]1CN(C)S(=O)(=O)c1ccccc1. The molecule has 1 aromatic carbocycles. The molecule has 0 unspecified atom stereocenters. The van der Waals surface area contributed by atoms with E-state index in [2.05, 4.69) is 10.3 Å². The third kappa shape index (κ3) is 6.38. The van der Waals surface area contributed by atoms with Crippen LogP contribution < -0.4 is 0 Å². The van der Waals surface area contributed by atoms with Crippen LogP contribution in [0, 0.1) is 5.92 Å². The maximum absolute atomic E-state index is 13.1. The first-order valence-electron chi connectivity index (χ1n) is 11.1. The number of rotatable bonds is 6. The highest BCUT2D eigenvalue weighted by Crippen LogP contribution is 2.20. The van der Waals surface area contributed by atoms with Gasteiger partial charge in [0.05, 0.1) is 36.5 Å². The molecule has 0 aliphatic carbocycles. The van der Waals surface area contributed by atoms with Crippen LogP contribution in [0.2, 0.25) is 0 Å². The lowest BCUT2D eigenvalue weighted by Crippen LogP contribution is -2.47. The second kappa shape index (κ2) is 11.2. The first-order valence-corrected chi connectivity index (χ1v) is 12.6. The number of aliphatic hydroxyl groups excluding tert-OH is 1. The lowest BCUT2D eigenvalue weighted by atomic mass is 10.0. The molecule has 3 rings (SSSR count). The second-order valence-corrected chi connectivity index (χ2v) is 10.6. The fourth-order valence-electron chi connectivity index (χ4n) is 3.82. The lowest BCUT2D eigenvalue weighted by Gasteiger charge is -2.35. The fraction of sp³-hybridized carbons (Fsp3) is 0.591. The van der Waals surface area contributed by atoms with Gasteiger partial charge in [-0.25, -0.2) is 8.42 Å². The molecule has 1 amide bonds. The van der Waals surface area contributed by atoms with Crippen molar-refractivity contribution in [3.05, 3.63) is 42.2 Å². The highest BCUT2D eigenvalue weighted by Gasteiger charge is 2.31. The molecule has 2 aromatic rings. The van der Waals surface area contributed by atoms with Crippen molar-refractivity contribution >= 4 is 15.9 Å². The van der Waals surface area contributed by atoms with Crippen LogP contribution in [-0.4, -0.2) is 82.5 Å². The predicted molar refractivity (Wildman–Crippen MR) is 122 cm³/mol. The van der Waals surface area contributed by atoms with Gasteiger partial charge in [0.2, 0.25) is 15.9 Å². The van der Waals surface area contributed by atoms with E-state index >= 15 is 0 Å². The first kappa shape index (κ1) is 25.3. The largest absolute Gasteiger partial charge is 0.394 e. The Bertz CT molecular complexity index is 1010. The standard InChI is InChI=1S/C22H33N5O5S/c1-17-12-27(18(2)15-28)22(29)10-7-11-26-13-19(23-24-26)16-32-21(17)14-25(3)33(30,31)20-8-5-4-6-9-20/h4-6,8-9,13,17-18,21,28H,7,10-12,14-16H2,1-3H3/t17-,18-,21+/m1/s1. The van der Waals surface area contributed by atoms with Crippen molar-refractivity contribution in [2.24, 2.45) is 5.92 Å². The maximum Gasteiger partial charge on any atom is 0.242 e. The summed E-state index contributed by atoms with van der Waals surface area (Å²) >= 11 is 0. The van der Waals surface area contributed by atoms with Gasteiger partial charge in [0.25, 0.3) is 0 Å². The summed E-state index contributed by atoms with van der Waals surface area (Å²) in [5.74, 6) is -0.265. The molecule has 1 N–H and O–H groups in total. The van der Waals surface area contributed by atoms with E-state index in [0.717, 1.165) is 0 Å². The molecule has 2 heterocycles. The molecule has 0 radical (unpaired) electrons. The number of fused-ring (bicyclic) bond motifs is 2. The smallest absolute Gasteiger partial charge is 0.242 e. The maximum atomic E-state index is 13.1. The van der Waals surface area contributed by atoms with Gasteiger partial charge in [-0.3, -0.25) is 9.48 Å². The van der Waals surface area contributed by atoms with Gasteiger partial charge in [-0.1, -0.05) is 30.3 Å². The van der Waals surface area contributed by atoms with E-state index in [4.69, 9.17) is 4.74 Å². The second-order valence-electron chi connectivity index (χ2n) is 8.58. The van der Waals surface area contributed by atoms with Crippen molar-refractivity contribution in [1.29, 1.82) is 0 Å². The lowest BCUT2D eigenvalue weighted by molar-refractivity contribution is -0.136. The molecule has 10 nitrogen and oxygen atoms in total. The summed E-state index contributed by atoms with van der Waals surface area (Å²) in [7, 11) is -2.18. The topological polar surface area (TPSA) is 118 Å². The predicted octanol–water partition coefficient (Wildman–Crippen LogP) is 1.12. The molecule has 0 spiro atoms. The Hall–Kier alpha value is -2.34. The van der Waals surface area contributed by atoms with E-state index < -0.39 is 16.1 Å². The molecule has 1 aromatic heterocycles. The molecule has 182 valence electrons. The zero-order valence-corrected chi connectivity index (χ0v) is 20.2. The van der Waals surface area contributed by atoms with Crippen LogP contribution in [0.5, 0.6) is 0 Å². The molecular formula is C22H33N5O5S. The molecule has 0 saturated carbocycles. The summed E-state index contributed by atoms with van der Waals surface area (Å²) in [4.78, 5) is 14.8. The highest BCUT2D eigenvalue weighted by atomic mass is 32.2. The Balaban J connectivity index is 1.85. The van der Waals surface area contributed by atoms with Crippen LogP contribution >= 0.6 is 0 Å². The minimum atomic E-state index is -3.71. The van der Waals surface area contributed by atoms with Gasteiger partial charge in [0.1, 0.15) is 5.69 Å². The van der Waals surface area contributed by atoms with Crippen molar-refractivity contribution in [1.82, 2.24) is 24.2 Å². The van der Waals surface area contributed by atoms with Crippen molar-refractivity contribution in [3.8, 4) is 0 Å². The number of aliphatic hydroxyl groups is 1. The molecule has 2 bridgehead atoms. The number of ether oxygens (including phenoxy) is 1. The minimum Gasteiger partial charge on any atom is -0.394 e. The van der Waals surface area contributed by atoms with Crippen LogP contribution in [0.1, 0.15) is 32.4 Å². The van der Waals surface area contributed by atoms with Crippen molar-refractivity contribution < 1.29 is 23.1 Å². The zero-order chi connectivity index (χ0) is 24.0. The molecule has 1 aliphatic heterocycles. The average Bonchev–Trinajstić information content (AvgIpc) is 3.27. The van der Waals surface area contributed by atoms with Gasteiger partial charge in [0.15, 0.2) is 0 Å². The van der Waals surface area contributed by atoms with Crippen LogP contribution in [0.25, 0.3) is 0 Å². The number of aromatic nitrogens is 3. The summed E-state index contributed by atoms with van der Waals surface area (Å²) in [6.07, 6.45) is 2.19. The number of amides is 1. The fourth-order valence-corrected chi connectivity index (χ4v) is 5.02. The van der Waals surface area contributed by atoms with Crippen LogP contribution in [0.3, 0.4) is 0 Å². The molecule has 33 heavy (non-hydrogen) atoms. The number of carbonyl (C=O) groups excluding carboxylic acids is 1. The number of hydrogen-bond donors (Lipinski definition) is 1. The van der Waals surface area contributed by atoms with Crippen LogP contribution in [0.15, 0.2) is 41.4 Å². The molecule has 0 fully saturated rings. The zero-order valence-electron chi connectivity index (χ0n) is 19.4. The first-order chi connectivity index (χ1) is 15.7. The van der Waals surface area contributed by atoms with E-state index in [-0.39, 0.29) is 42.5 Å². The van der Waals surface area contributed by atoms with E-state index in [1.807, 2.05) is 6.92 Å². The summed E-state index contributed by atoms with van der Waals surface area (Å²) in [5.41, 5.74) is 0.645. The van der Waals surface area contributed by atoms with E-state index in [9.17, 15) is 18.3 Å². The highest BCUT2D eigenvalue weighted by molar-refractivity contribution is 7.89. The number of hydrogen-bond acceptors (Lipinski definition) is 7. The number of nitrogens with zero attached hydrogens (tertiary/aromatic N) is 5. The van der Waals surface area contributed by atoms with E-state index in [1.54, 1.807) is 53.0 Å². The Labute approximate surface area is 195 Å². The normalized spacial score (nSPS) is 21.8. The van der Waals surface area contributed by atoms with Gasteiger partial charge in [0, 0.05) is 39.0 Å². The summed E-state index contributed by atoms with van der Waals surface area (Å²) in [5, 5.41) is 17.9. The average molecular weight is 480 g/mol. The number of carbonyl (C=O) groups is 1. The van der Waals surface area contributed by atoms with E-state index in [1.165, 1.54) is 11.4 Å². The van der Waals surface area contributed by atoms with Gasteiger partial charge in [-0.05, 0) is 25.5 Å². The summed E-state index contributed by atoms with van der Waals surface area (Å²) in [6.45, 7) is 4.74. The van der Waals surface area contributed by atoms with Crippen molar-refractivity contribution in [2.75, 3.05) is 26.7 Å². The third-order valence-electron chi connectivity index (χ3n) is 5.93. The Kier molecular flexibility index (Phi) is 8.57. The van der Waals surface area contributed by atoms with Crippen molar-refractivity contribution in [3.63, 3.8) is 0 Å². The molecular weight excluding hydrogens is 446 g/mol. The quantitative estimate of drug-likeness (QED) is 0.660. The van der Waals surface area contributed by atoms with Crippen LogP contribution in [-0.2, 0) is 32.7 Å². The minimum absolute atomic E-state index is 0.0630. The van der Waals surface area contributed by atoms with Gasteiger partial charge in [-0.15, -0.1) is 5.10 Å². The van der Waals surface area contributed by atoms with Gasteiger partial charge < -0.3 is 14.7 Å². The van der Waals surface area contributed by atoms with Crippen LogP contribution in [0.4, 0.5) is 0 Å². The molecule has 0 saturated heterocycles. The summed E-state index contributed by atoms with van der Waals surface area (Å²) < 4.78 is 35.2. The Morgan fingerprint density at radius 1 is 1.30 bits per heavy atom. The number of benzene rings is 1. The monoisotopic (exact) mass is 479 g/mol. The third-order valence-corrected chi connectivity index (χ3v) is 7.77. The van der Waals surface area contributed by atoms with Gasteiger partial charge in [-0.2, -0.15) is 4.31 Å². The Morgan fingerprint density at radius 3 is 2.73 bits per heavy atom. The molecule has 3 atom stereocenters. The number of aryl methyl sites for hydroxylation is 1. The summed E-state index contributed by atoms with van der Waals surface area (Å²) in [6, 6.07) is 7.89.